The number of nitrogens with one attached hydrogen (secondary N) is 1. The second-order valence-corrected chi connectivity index (χ2v) is 8.48. The average Bonchev–Trinajstić information content (AvgIpc) is 3.18. The first kappa shape index (κ1) is 19.8. The van der Waals surface area contributed by atoms with Crippen LogP contribution in [0.15, 0.2) is 66.9 Å². The maximum atomic E-state index is 12.3. The molecule has 5 nitrogen and oxygen atoms in total. The number of hydrogen-bond donors (Lipinski definition) is 2. The van der Waals surface area contributed by atoms with Crippen LogP contribution in [0.25, 0.3) is 21.7 Å². The van der Waals surface area contributed by atoms with Gasteiger partial charge in [0.2, 0.25) is 0 Å². The van der Waals surface area contributed by atoms with Gasteiger partial charge in [-0.2, -0.15) is 0 Å². The number of aryl methyl sites for hydroxylation is 1. The van der Waals surface area contributed by atoms with Gasteiger partial charge in [0.1, 0.15) is 6.04 Å². The first-order chi connectivity index (χ1) is 15.1. The molecule has 3 aromatic carbocycles. The van der Waals surface area contributed by atoms with Gasteiger partial charge in [0.05, 0.1) is 0 Å². The minimum absolute atomic E-state index is 0.629. The van der Waals surface area contributed by atoms with Crippen molar-refractivity contribution in [3.63, 3.8) is 0 Å². The van der Waals surface area contributed by atoms with Gasteiger partial charge in [-0.15, -0.1) is 0 Å². The number of hydrogen-bond acceptors (Lipinski definition) is 3. The second-order valence-electron chi connectivity index (χ2n) is 8.48. The first-order valence-electron chi connectivity index (χ1n) is 10.8. The van der Waals surface area contributed by atoms with Crippen LogP contribution in [0.5, 0.6) is 0 Å². The molecule has 0 aliphatic carbocycles. The SMILES string of the molecule is Cc1ccc2[nH]cc(C(C(=O)O)N3CCN(Cc4cccc5ccccc45)CC3)c2c1. The van der Waals surface area contributed by atoms with Gasteiger partial charge in [-0.05, 0) is 35.4 Å². The van der Waals surface area contributed by atoms with Crippen LogP contribution in [0.1, 0.15) is 22.7 Å². The Balaban J connectivity index is 1.33. The van der Waals surface area contributed by atoms with E-state index in [0.717, 1.165) is 54.8 Å². The average molecular weight is 414 g/mol. The van der Waals surface area contributed by atoms with Crippen LogP contribution in [0.2, 0.25) is 0 Å². The summed E-state index contributed by atoms with van der Waals surface area (Å²) in [6, 6.07) is 20.5. The van der Waals surface area contributed by atoms with Crippen LogP contribution in [-0.4, -0.2) is 52.0 Å². The Bertz CT molecular complexity index is 1230. The molecular weight excluding hydrogens is 386 g/mol. The van der Waals surface area contributed by atoms with Gasteiger partial charge in [-0.1, -0.05) is 54.1 Å². The Morgan fingerprint density at radius 1 is 1.00 bits per heavy atom. The molecule has 0 radical (unpaired) electrons. The number of nitrogens with zero attached hydrogens (tertiary/aromatic N) is 2. The smallest absolute Gasteiger partial charge is 0.325 e. The number of aromatic nitrogens is 1. The first-order valence-corrected chi connectivity index (χ1v) is 10.8. The highest BCUT2D eigenvalue weighted by atomic mass is 16.4. The molecule has 1 atom stereocenters. The normalized spacial score (nSPS) is 16.7. The number of fused-ring (bicyclic) bond motifs is 2. The Morgan fingerprint density at radius 3 is 2.58 bits per heavy atom. The van der Waals surface area contributed by atoms with E-state index in [4.69, 9.17) is 0 Å². The fourth-order valence-electron chi connectivity index (χ4n) is 4.82. The molecule has 0 spiro atoms. The zero-order valence-corrected chi connectivity index (χ0v) is 17.7. The lowest BCUT2D eigenvalue weighted by atomic mass is 10.0. The largest absolute Gasteiger partial charge is 0.480 e. The third kappa shape index (κ3) is 3.82. The third-order valence-corrected chi connectivity index (χ3v) is 6.44. The summed E-state index contributed by atoms with van der Waals surface area (Å²) in [6.07, 6.45) is 1.87. The summed E-state index contributed by atoms with van der Waals surface area (Å²) < 4.78 is 0. The van der Waals surface area contributed by atoms with Crippen LogP contribution in [0.4, 0.5) is 0 Å². The lowest BCUT2D eigenvalue weighted by Gasteiger charge is -2.37. The van der Waals surface area contributed by atoms with E-state index in [1.165, 1.54) is 16.3 Å². The van der Waals surface area contributed by atoms with E-state index < -0.39 is 12.0 Å². The van der Waals surface area contributed by atoms with Crippen LogP contribution in [0, 0.1) is 6.92 Å². The lowest BCUT2D eigenvalue weighted by molar-refractivity contribution is -0.144. The number of carbonyl (C=O) groups is 1. The van der Waals surface area contributed by atoms with Gasteiger partial charge in [0.15, 0.2) is 0 Å². The van der Waals surface area contributed by atoms with E-state index in [1.54, 1.807) is 0 Å². The Kier molecular flexibility index (Phi) is 5.22. The van der Waals surface area contributed by atoms with Crippen molar-refractivity contribution in [1.82, 2.24) is 14.8 Å². The molecule has 1 fully saturated rings. The van der Waals surface area contributed by atoms with Crippen molar-refractivity contribution in [3.8, 4) is 0 Å². The lowest BCUT2D eigenvalue weighted by Crippen LogP contribution is -2.48. The fraction of sp³-hybridized carbons (Fsp3) is 0.269. The Labute approximate surface area is 181 Å². The number of benzene rings is 3. The van der Waals surface area contributed by atoms with Gasteiger partial charge < -0.3 is 10.1 Å². The summed E-state index contributed by atoms with van der Waals surface area (Å²) in [5, 5.41) is 13.6. The Morgan fingerprint density at radius 2 is 1.77 bits per heavy atom. The molecule has 5 rings (SSSR count). The third-order valence-electron chi connectivity index (χ3n) is 6.44. The monoisotopic (exact) mass is 413 g/mol. The standard InChI is InChI=1S/C26H27N3O2/c1-18-9-10-24-22(15-18)23(16-27-24)25(26(30)31)29-13-11-28(12-14-29)17-20-7-4-6-19-5-2-3-8-21(19)20/h2-10,15-16,25,27H,11-14,17H2,1H3,(H,30,31). The number of rotatable bonds is 5. The molecule has 1 aromatic heterocycles. The van der Waals surface area contributed by atoms with Crippen molar-refractivity contribution in [2.24, 2.45) is 0 Å². The maximum absolute atomic E-state index is 12.3. The van der Waals surface area contributed by atoms with Crippen molar-refractivity contribution in [1.29, 1.82) is 0 Å². The van der Waals surface area contributed by atoms with E-state index >= 15 is 0 Å². The van der Waals surface area contributed by atoms with E-state index in [-0.39, 0.29) is 0 Å². The van der Waals surface area contributed by atoms with Crippen LogP contribution in [0.3, 0.4) is 0 Å². The van der Waals surface area contributed by atoms with Crippen LogP contribution < -0.4 is 0 Å². The van der Waals surface area contributed by atoms with Gasteiger partial charge >= 0.3 is 5.97 Å². The van der Waals surface area contributed by atoms with E-state index in [9.17, 15) is 9.90 Å². The van der Waals surface area contributed by atoms with Gasteiger partial charge in [0.25, 0.3) is 0 Å². The predicted molar refractivity (Wildman–Crippen MR) is 124 cm³/mol. The molecule has 0 amide bonds. The van der Waals surface area contributed by atoms with Crippen molar-refractivity contribution in [2.45, 2.75) is 19.5 Å². The zero-order chi connectivity index (χ0) is 21.4. The minimum atomic E-state index is -0.787. The molecule has 158 valence electrons. The minimum Gasteiger partial charge on any atom is -0.480 e. The summed E-state index contributed by atoms with van der Waals surface area (Å²) in [4.78, 5) is 20.1. The highest BCUT2D eigenvalue weighted by molar-refractivity contribution is 5.89. The maximum Gasteiger partial charge on any atom is 0.325 e. The highest BCUT2D eigenvalue weighted by Crippen LogP contribution is 2.30. The molecule has 0 saturated carbocycles. The van der Waals surface area contributed by atoms with Crippen LogP contribution >= 0.6 is 0 Å². The molecule has 0 bridgehead atoms. The predicted octanol–water partition coefficient (Wildman–Crippen LogP) is 4.57. The Hall–Kier alpha value is -3.15. The topological polar surface area (TPSA) is 59.6 Å². The summed E-state index contributed by atoms with van der Waals surface area (Å²) in [7, 11) is 0. The number of piperazine rings is 1. The van der Waals surface area contributed by atoms with Crippen molar-refractivity contribution >= 4 is 27.6 Å². The summed E-state index contributed by atoms with van der Waals surface area (Å²) >= 11 is 0. The number of carboxylic acids is 1. The highest BCUT2D eigenvalue weighted by Gasteiger charge is 2.32. The summed E-state index contributed by atoms with van der Waals surface area (Å²) in [6.45, 7) is 6.11. The zero-order valence-electron chi connectivity index (χ0n) is 17.7. The number of H-pyrrole nitrogens is 1. The molecule has 31 heavy (non-hydrogen) atoms. The van der Waals surface area contributed by atoms with E-state index in [0.29, 0.717) is 0 Å². The molecule has 1 unspecified atom stereocenters. The van der Waals surface area contributed by atoms with Gasteiger partial charge in [0, 0.05) is 55.4 Å². The quantitative estimate of drug-likeness (QED) is 0.503. The molecule has 1 aliphatic rings. The van der Waals surface area contributed by atoms with Crippen molar-refractivity contribution in [3.05, 3.63) is 83.6 Å². The van der Waals surface area contributed by atoms with Gasteiger partial charge in [-0.3, -0.25) is 14.6 Å². The molecule has 2 heterocycles. The molecule has 2 N–H and O–H groups in total. The van der Waals surface area contributed by atoms with E-state index in [1.807, 2.05) is 25.3 Å². The number of aliphatic carboxylic acids is 1. The second kappa shape index (κ2) is 8.17. The summed E-state index contributed by atoms with van der Waals surface area (Å²) in [5.41, 5.74) is 4.31. The molecule has 4 aromatic rings. The molecule has 5 heteroatoms. The molecule has 1 saturated heterocycles. The molecular formula is C26H27N3O2. The molecule has 1 aliphatic heterocycles. The van der Waals surface area contributed by atoms with Gasteiger partial charge in [-0.25, -0.2) is 0 Å². The van der Waals surface area contributed by atoms with Crippen molar-refractivity contribution in [2.75, 3.05) is 26.2 Å². The number of aromatic amines is 1. The summed E-state index contributed by atoms with van der Waals surface area (Å²) in [5.74, 6) is -0.787. The van der Waals surface area contributed by atoms with E-state index in [2.05, 4.69) is 63.3 Å². The fourth-order valence-corrected chi connectivity index (χ4v) is 4.82. The van der Waals surface area contributed by atoms with Crippen molar-refractivity contribution < 1.29 is 9.90 Å². The van der Waals surface area contributed by atoms with Crippen LogP contribution in [-0.2, 0) is 11.3 Å². The number of carboxylic acid groups (broad SMARTS) is 1.